The molecule has 1 saturated heterocycles. The number of fused-ring (bicyclic) bond motifs is 1. The van der Waals surface area contributed by atoms with E-state index in [1.165, 1.54) is 22.1 Å². The molecule has 0 aliphatic carbocycles. The monoisotopic (exact) mass is 602 g/mol. The van der Waals surface area contributed by atoms with Gasteiger partial charge < -0.3 is 19.0 Å². The van der Waals surface area contributed by atoms with Crippen molar-refractivity contribution in [2.24, 2.45) is 5.41 Å². The number of rotatable bonds is 5. The first kappa shape index (κ1) is 37.9. The SMILES string of the molecule is CC.CO.Cc1ccc(C)cc1.Cc1ccc2oc(CC(C)(C)C)cc2c1.O=COCC1C/C(=C\c2ccccc2)C(=O)O1. The fraction of sp³-hybridized carbons (Fsp3) is 0.368. The van der Waals surface area contributed by atoms with Crippen LogP contribution in [0.2, 0.25) is 0 Å². The van der Waals surface area contributed by atoms with E-state index in [0.29, 0.717) is 18.5 Å². The lowest BCUT2D eigenvalue weighted by Gasteiger charge is -2.15. The Balaban J connectivity index is 0.000000327. The summed E-state index contributed by atoms with van der Waals surface area (Å²) in [5.41, 5.74) is 6.78. The number of cyclic esters (lactones) is 1. The van der Waals surface area contributed by atoms with Gasteiger partial charge in [-0.15, -0.1) is 0 Å². The van der Waals surface area contributed by atoms with Crippen LogP contribution in [-0.4, -0.2) is 37.4 Å². The van der Waals surface area contributed by atoms with Crippen molar-refractivity contribution in [3.05, 3.63) is 112 Å². The van der Waals surface area contributed by atoms with Gasteiger partial charge in [0, 0.05) is 30.9 Å². The van der Waals surface area contributed by atoms with E-state index in [2.05, 4.69) is 94.8 Å². The molecule has 6 heteroatoms. The van der Waals surface area contributed by atoms with Crippen LogP contribution in [0.3, 0.4) is 0 Å². The van der Waals surface area contributed by atoms with Gasteiger partial charge in [0.15, 0.2) is 0 Å². The molecule has 1 atom stereocenters. The zero-order valence-electron chi connectivity index (χ0n) is 27.8. The molecule has 0 bridgehead atoms. The Hall–Kier alpha value is -4.16. The average Bonchev–Trinajstić information content (AvgIpc) is 3.56. The number of hydrogen-bond acceptors (Lipinski definition) is 6. The van der Waals surface area contributed by atoms with E-state index in [1.54, 1.807) is 6.08 Å². The second kappa shape index (κ2) is 19.9. The number of carbonyl (C=O) groups excluding carboxylic acids is 2. The number of benzene rings is 3. The lowest BCUT2D eigenvalue weighted by molar-refractivity contribution is -0.144. The largest absolute Gasteiger partial charge is 0.464 e. The minimum absolute atomic E-state index is 0.112. The maximum absolute atomic E-state index is 11.5. The summed E-state index contributed by atoms with van der Waals surface area (Å²) in [6.45, 7) is 17.4. The number of hydrogen-bond donors (Lipinski definition) is 1. The first-order valence-corrected chi connectivity index (χ1v) is 15.0. The molecule has 6 nitrogen and oxygen atoms in total. The summed E-state index contributed by atoms with van der Waals surface area (Å²) in [6.07, 6.45) is 2.90. The van der Waals surface area contributed by atoms with Gasteiger partial charge in [-0.1, -0.05) is 112 Å². The zero-order chi connectivity index (χ0) is 33.1. The lowest BCUT2D eigenvalue weighted by Crippen LogP contribution is -2.14. The molecule has 1 aliphatic rings. The van der Waals surface area contributed by atoms with Gasteiger partial charge in [0.05, 0.1) is 0 Å². The van der Waals surface area contributed by atoms with Crippen LogP contribution in [0.1, 0.15) is 69.1 Å². The first-order chi connectivity index (χ1) is 21.0. The highest BCUT2D eigenvalue weighted by atomic mass is 16.6. The molecule has 1 N–H and O–H groups in total. The Bertz CT molecular complexity index is 1390. The van der Waals surface area contributed by atoms with E-state index >= 15 is 0 Å². The molecule has 1 unspecified atom stereocenters. The second-order valence-electron chi connectivity index (χ2n) is 11.4. The standard InChI is InChI=1S/C14H18O.C13H12O4.C8H10.C2H6.CH4O/c1-10-5-6-13-11(7-10)8-12(15-13)9-14(2,3)4;14-9-16-8-12-7-11(13(15)17-12)6-10-4-2-1-3-5-10;1-7-3-5-8(2)6-4-7;2*1-2/h5-8H,9H2,1-4H3;1-6,9,12H,7-8H2;3-6H,1-2H3;1-2H3;2H,1H3/b;11-6+;;;. The van der Waals surface area contributed by atoms with Gasteiger partial charge in [0.2, 0.25) is 0 Å². The molecule has 44 heavy (non-hydrogen) atoms. The van der Waals surface area contributed by atoms with Crippen molar-refractivity contribution in [1.29, 1.82) is 0 Å². The molecule has 4 aromatic rings. The van der Waals surface area contributed by atoms with Crippen LogP contribution in [0, 0.1) is 26.2 Å². The molecule has 1 fully saturated rings. The number of aliphatic hydroxyl groups is 1. The number of carbonyl (C=O) groups is 2. The van der Waals surface area contributed by atoms with E-state index in [-0.39, 0.29) is 24.1 Å². The van der Waals surface area contributed by atoms with E-state index in [1.807, 2.05) is 44.2 Å². The molecule has 1 aliphatic heterocycles. The van der Waals surface area contributed by atoms with Crippen molar-refractivity contribution in [2.45, 2.75) is 74.3 Å². The molecule has 2 heterocycles. The Labute approximate surface area is 263 Å². The van der Waals surface area contributed by atoms with Crippen molar-refractivity contribution in [3.8, 4) is 0 Å². The van der Waals surface area contributed by atoms with Gasteiger partial charge in [-0.3, -0.25) is 4.79 Å². The summed E-state index contributed by atoms with van der Waals surface area (Å²) in [5, 5.41) is 8.22. The van der Waals surface area contributed by atoms with Gasteiger partial charge in [0.25, 0.3) is 6.47 Å². The van der Waals surface area contributed by atoms with Crippen LogP contribution in [0.5, 0.6) is 0 Å². The smallest absolute Gasteiger partial charge is 0.334 e. The average molecular weight is 603 g/mol. The molecule has 0 saturated carbocycles. The fourth-order valence-corrected chi connectivity index (χ4v) is 4.17. The summed E-state index contributed by atoms with van der Waals surface area (Å²) in [6, 6.07) is 26.5. The van der Waals surface area contributed by atoms with Crippen LogP contribution in [0.25, 0.3) is 17.0 Å². The van der Waals surface area contributed by atoms with Crippen LogP contribution in [0.4, 0.5) is 0 Å². The predicted octanol–water partition coefficient (Wildman–Crippen LogP) is 8.83. The highest BCUT2D eigenvalue weighted by molar-refractivity contribution is 5.95. The topological polar surface area (TPSA) is 86.0 Å². The Kier molecular flexibility index (Phi) is 17.1. The summed E-state index contributed by atoms with van der Waals surface area (Å²) >= 11 is 0. The van der Waals surface area contributed by atoms with E-state index in [9.17, 15) is 9.59 Å². The first-order valence-electron chi connectivity index (χ1n) is 15.0. The molecular formula is C38H50O6. The minimum Gasteiger partial charge on any atom is -0.464 e. The van der Waals surface area contributed by atoms with Crippen molar-refractivity contribution >= 4 is 29.5 Å². The molecule has 238 valence electrons. The van der Waals surface area contributed by atoms with E-state index in [0.717, 1.165) is 30.4 Å². The number of aryl methyl sites for hydroxylation is 3. The van der Waals surface area contributed by atoms with Gasteiger partial charge in [-0.25, -0.2) is 4.79 Å². The highest BCUT2D eigenvalue weighted by Crippen LogP contribution is 2.26. The highest BCUT2D eigenvalue weighted by Gasteiger charge is 2.29. The van der Waals surface area contributed by atoms with Crippen molar-refractivity contribution in [2.75, 3.05) is 13.7 Å². The van der Waals surface area contributed by atoms with Crippen molar-refractivity contribution in [1.82, 2.24) is 0 Å². The van der Waals surface area contributed by atoms with Crippen LogP contribution < -0.4 is 0 Å². The van der Waals surface area contributed by atoms with Gasteiger partial charge in [-0.2, -0.15) is 0 Å². The van der Waals surface area contributed by atoms with Crippen molar-refractivity contribution < 1.29 is 28.6 Å². The summed E-state index contributed by atoms with van der Waals surface area (Å²) in [7, 11) is 1.00. The molecule has 0 radical (unpaired) electrons. The summed E-state index contributed by atoms with van der Waals surface area (Å²) in [5.74, 6) is 0.747. The number of aliphatic hydroxyl groups excluding tert-OH is 1. The maximum atomic E-state index is 11.5. The normalized spacial score (nSPS) is 14.4. The molecular weight excluding hydrogens is 552 g/mol. The Morgan fingerprint density at radius 2 is 1.43 bits per heavy atom. The lowest BCUT2D eigenvalue weighted by atomic mass is 9.91. The Morgan fingerprint density at radius 1 is 0.864 bits per heavy atom. The predicted molar refractivity (Wildman–Crippen MR) is 180 cm³/mol. The third kappa shape index (κ3) is 14.3. The van der Waals surface area contributed by atoms with Crippen LogP contribution in [0.15, 0.2) is 88.9 Å². The third-order valence-corrected chi connectivity index (χ3v) is 6.12. The molecule has 1 aromatic heterocycles. The van der Waals surface area contributed by atoms with E-state index < -0.39 is 0 Å². The minimum atomic E-state index is -0.359. The fourth-order valence-electron chi connectivity index (χ4n) is 4.17. The third-order valence-electron chi connectivity index (χ3n) is 6.12. The van der Waals surface area contributed by atoms with Gasteiger partial charge in [-0.05, 0) is 56.0 Å². The molecule has 5 rings (SSSR count). The van der Waals surface area contributed by atoms with Crippen molar-refractivity contribution in [3.63, 3.8) is 0 Å². The summed E-state index contributed by atoms with van der Waals surface area (Å²) < 4.78 is 15.4. The van der Waals surface area contributed by atoms with Gasteiger partial charge in [0.1, 0.15) is 24.1 Å². The second-order valence-corrected chi connectivity index (χ2v) is 11.4. The van der Waals surface area contributed by atoms with Gasteiger partial charge >= 0.3 is 5.97 Å². The molecule has 0 amide bonds. The zero-order valence-corrected chi connectivity index (χ0v) is 27.8. The quantitative estimate of drug-likeness (QED) is 0.140. The number of furan rings is 1. The molecule has 0 spiro atoms. The number of esters is 1. The maximum Gasteiger partial charge on any atom is 0.334 e. The van der Waals surface area contributed by atoms with E-state index in [4.69, 9.17) is 14.3 Å². The number of ether oxygens (including phenoxy) is 2. The molecule has 3 aromatic carbocycles. The summed E-state index contributed by atoms with van der Waals surface area (Å²) in [4.78, 5) is 21.6. The van der Waals surface area contributed by atoms with Crippen LogP contribution >= 0.6 is 0 Å². The van der Waals surface area contributed by atoms with Crippen LogP contribution in [-0.2, 0) is 25.5 Å². The Morgan fingerprint density at radius 3 is 1.98 bits per heavy atom.